The number of piperidine rings is 1. The van der Waals surface area contributed by atoms with Crippen LogP contribution in [0.5, 0.6) is 0 Å². The summed E-state index contributed by atoms with van der Waals surface area (Å²) in [4.78, 5) is 33.8. The molecule has 1 aromatic rings. The van der Waals surface area contributed by atoms with Gasteiger partial charge in [0.05, 0.1) is 12.2 Å². The lowest BCUT2D eigenvalue weighted by Crippen LogP contribution is -2.54. The maximum atomic E-state index is 11.8. The third-order valence-corrected chi connectivity index (χ3v) is 5.18. The molecule has 0 bridgehead atoms. The Labute approximate surface area is 153 Å². The number of nitrogens with zero attached hydrogens (tertiary/aromatic N) is 4. The van der Waals surface area contributed by atoms with Gasteiger partial charge in [-0.25, -0.2) is 9.78 Å². The van der Waals surface area contributed by atoms with Crippen LogP contribution in [0.15, 0.2) is 18.3 Å². The molecule has 3 rings (SSSR count). The molecule has 1 aromatic heterocycles. The second-order valence-electron chi connectivity index (χ2n) is 6.71. The smallest absolute Gasteiger partial charge is 0.409 e. The number of pyridine rings is 1. The number of amides is 2. The first-order valence-corrected chi connectivity index (χ1v) is 9.25. The fourth-order valence-corrected chi connectivity index (χ4v) is 3.66. The van der Waals surface area contributed by atoms with Crippen molar-refractivity contribution in [3.05, 3.63) is 23.9 Å². The number of primary amides is 1. The maximum absolute atomic E-state index is 11.8. The minimum Gasteiger partial charge on any atom is -0.450 e. The number of nitrogens with two attached hydrogens (primary N) is 1. The summed E-state index contributed by atoms with van der Waals surface area (Å²) in [6.07, 6.45) is 3.32. The van der Waals surface area contributed by atoms with Crippen molar-refractivity contribution in [2.45, 2.75) is 25.8 Å². The molecule has 3 heterocycles. The molecule has 0 aromatic carbocycles. The highest BCUT2D eigenvalue weighted by molar-refractivity contribution is 5.92. The van der Waals surface area contributed by atoms with Crippen LogP contribution < -0.4 is 10.6 Å². The predicted molar refractivity (Wildman–Crippen MR) is 98.2 cm³/mol. The number of carbonyl (C=O) groups excluding carboxylic acids is 2. The average molecular weight is 361 g/mol. The Balaban J connectivity index is 1.47. The molecule has 0 spiro atoms. The molecule has 2 N–H and O–H groups in total. The Kier molecular flexibility index (Phi) is 5.92. The van der Waals surface area contributed by atoms with Crippen LogP contribution >= 0.6 is 0 Å². The van der Waals surface area contributed by atoms with E-state index in [9.17, 15) is 9.59 Å². The summed E-state index contributed by atoms with van der Waals surface area (Å²) < 4.78 is 5.08. The first-order chi connectivity index (χ1) is 12.6. The molecule has 26 heavy (non-hydrogen) atoms. The van der Waals surface area contributed by atoms with Gasteiger partial charge in [0, 0.05) is 51.5 Å². The first-order valence-electron chi connectivity index (χ1n) is 9.25. The summed E-state index contributed by atoms with van der Waals surface area (Å²) in [6.45, 7) is 7.55. The molecule has 0 radical (unpaired) electrons. The number of hydrogen-bond acceptors (Lipinski definition) is 6. The highest BCUT2D eigenvalue weighted by Gasteiger charge is 2.29. The van der Waals surface area contributed by atoms with Crippen LogP contribution in [-0.2, 0) is 4.74 Å². The molecule has 142 valence electrons. The van der Waals surface area contributed by atoms with Crippen LogP contribution in [0.4, 0.5) is 10.6 Å². The van der Waals surface area contributed by atoms with Gasteiger partial charge in [0.1, 0.15) is 5.82 Å². The molecular formula is C18H27N5O3. The largest absolute Gasteiger partial charge is 0.450 e. The molecule has 2 amide bonds. The van der Waals surface area contributed by atoms with Crippen LogP contribution in [0, 0.1) is 0 Å². The van der Waals surface area contributed by atoms with E-state index in [2.05, 4.69) is 14.8 Å². The number of hydrogen-bond donors (Lipinski definition) is 1. The molecular weight excluding hydrogens is 334 g/mol. The standard InChI is InChI=1S/C18H27N5O3/c1-2-26-18(25)23-7-5-15(6-8-23)21-9-11-22(12-10-21)16-4-3-14(13-20-16)17(19)24/h3-4,13,15H,2,5-12H2,1H3,(H2,19,24). The van der Waals surface area contributed by atoms with Crippen LogP contribution in [0.1, 0.15) is 30.1 Å². The van der Waals surface area contributed by atoms with Crippen LogP contribution in [-0.4, -0.2) is 78.7 Å². The van der Waals surface area contributed by atoms with Gasteiger partial charge in [0.15, 0.2) is 0 Å². The summed E-state index contributed by atoms with van der Waals surface area (Å²) >= 11 is 0. The Morgan fingerprint density at radius 2 is 1.85 bits per heavy atom. The lowest BCUT2D eigenvalue weighted by Gasteiger charge is -2.42. The summed E-state index contributed by atoms with van der Waals surface area (Å²) in [6, 6.07) is 4.10. The van der Waals surface area contributed by atoms with Crippen molar-refractivity contribution in [2.24, 2.45) is 5.73 Å². The Morgan fingerprint density at radius 1 is 1.15 bits per heavy atom. The average Bonchev–Trinajstić information content (AvgIpc) is 2.68. The number of aromatic nitrogens is 1. The van der Waals surface area contributed by atoms with E-state index in [0.717, 1.165) is 57.9 Å². The molecule has 2 fully saturated rings. The van der Waals surface area contributed by atoms with E-state index < -0.39 is 5.91 Å². The highest BCUT2D eigenvalue weighted by Crippen LogP contribution is 2.21. The van der Waals surface area contributed by atoms with Crippen molar-refractivity contribution in [1.82, 2.24) is 14.8 Å². The lowest BCUT2D eigenvalue weighted by molar-refractivity contribution is 0.0729. The van der Waals surface area contributed by atoms with E-state index in [0.29, 0.717) is 18.2 Å². The summed E-state index contributed by atoms with van der Waals surface area (Å²) in [5, 5.41) is 0. The Bertz CT molecular complexity index is 620. The lowest BCUT2D eigenvalue weighted by atomic mass is 10.0. The van der Waals surface area contributed by atoms with Gasteiger partial charge in [-0.1, -0.05) is 0 Å². The fraction of sp³-hybridized carbons (Fsp3) is 0.611. The van der Waals surface area contributed by atoms with E-state index in [-0.39, 0.29) is 6.09 Å². The monoisotopic (exact) mass is 361 g/mol. The Morgan fingerprint density at radius 3 is 2.38 bits per heavy atom. The molecule has 2 aliphatic rings. The van der Waals surface area contributed by atoms with E-state index in [4.69, 9.17) is 10.5 Å². The zero-order valence-electron chi connectivity index (χ0n) is 15.3. The van der Waals surface area contributed by atoms with Crippen molar-refractivity contribution in [3.8, 4) is 0 Å². The number of anilines is 1. The van der Waals surface area contributed by atoms with Gasteiger partial charge < -0.3 is 20.3 Å². The molecule has 0 unspecified atom stereocenters. The summed E-state index contributed by atoms with van der Waals surface area (Å²) in [5.41, 5.74) is 5.69. The quantitative estimate of drug-likeness (QED) is 0.857. The van der Waals surface area contributed by atoms with Crippen molar-refractivity contribution in [1.29, 1.82) is 0 Å². The van der Waals surface area contributed by atoms with Crippen molar-refractivity contribution in [2.75, 3.05) is 50.8 Å². The van der Waals surface area contributed by atoms with Crippen LogP contribution in [0.25, 0.3) is 0 Å². The number of ether oxygens (including phenoxy) is 1. The van der Waals surface area contributed by atoms with Gasteiger partial charge in [-0.15, -0.1) is 0 Å². The molecule has 2 aliphatic heterocycles. The first kappa shape index (κ1) is 18.4. The van der Waals surface area contributed by atoms with Gasteiger partial charge in [0.2, 0.25) is 5.91 Å². The zero-order valence-corrected chi connectivity index (χ0v) is 15.3. The maximum Gasteiger partial charge on any atom is 0.409 e. The molecule has 0 atom stereocenters. The van der Waals surface area contributed by atoms with E-state index >= 15 is 0 Å². The molecule has 8 heteroatoms. The SMILES string of the molecule is CCOC(=O)N1CCC(N2CCN(c3ccc(C(N)=O)cn3)CC2)CC1. The molecule has 2 saturated heterocycles. The highest BCUT2D eigenvalue weighted by atomic mass is 16.6. The van der Waals surface area contributed by atoms with E-state index in [1.54, 1.807) is 11.0 Å². The Hall–Kier alpha value is -2.35. The number of piperazine rings is 1. The zero-order chi connectivity index (χ0) is 18.5. The van der Waals surface area contributed by atoms with Crippen LogP contribution in [0.3, 0.4) is 0 Å². The third kappa shape index (κ3) is 4.24. The van der Waals surface area contributed by atoms with Crippen molar-refractivity contribution in [3.63, 3.8) is 0 Å². The predicted octanol–water partition coefficient (Wildman–Crippen LogP) is 0.923. The summed E-state index contributed by atoms with van der Waals surface area (Å²) in [7, 11) is 0. The van der Waals surface area contributed by atoms with Gasteiger partial charge in [0.25, 0.3) is 0 Å². The minimum atomic E-state index is -0.456. The van der Waals surface area contributed by atoms with Crippen LogP contribution in [0.2, 0.25) is 0 Å². The van der Waals surface area contributed by atoms with E-state index in [1.807, 2.05) is 13.0 Å². The number of carbonyl (C=O) groups is 2. The fourth-order valence-electron chi connectivity index (χ4n) is 3.66. The third-order valence-electron chi connectivity index (χ3n) is 5.18. The second kappa shape index (κ2) is 8.35. The minimum absolute atomic E-state index is 0.193. The topological polar surface area (TPSA) is 92.0 Å². The summed E-state index contributed by atoms with van der Waals surface area (Å²) in [5.74, 6) is 0.426. The molecule has 8 nitrogen and oxygen atoms in total. The number of likely N-dealkylation sites (tertiary alicyclic amines) is 1. The van der Waals surface area contributed by atoms with Gasteiger partial charge in [-0.05, 0) is 31.9 Å². The van der Waals surface area contributed by atoms with E-state index in [1.165, 1.54) is 6.20 Å². The normalized spacial score (nSPS) is 19.4. The van der Waals surface area contributed by atoms with Gasteiger partial charge in [-0.3, -0.25) is 9.69 Å². The van der Waals surface area contributed by atoms with Crippen molar-refractivity contribution < 1.29 is 14.3 Å². The number of rotatable bonds is 4. The molecule has 0 saturated carbocycles. The van der Waals surface area contributed by atoms with Gasteiger partial charge >= 0.3 is 6.09 Å². The second-order valence-corrected chi connectivity index (χ2v) is 6.71. The molecule has 0 aliphatic carbocycles. The van der Waals surface area contributed by atoms with Gasteiger partial charge in [-0.2, -0.15) is 0 Å². The van der Waals surface area contributed by atoms with Crippen molar-refractivity contribution >= 4 is 17.8 Å².